The van der Waals surface area contributed by atoms with Gasteiger partial charge in [-0.15, -0.1) is 0 Å². The van der Waals surface area contributed by atoms with Crippen LogP contribution >= 0.6 is 11.6 Å². The maximum atomic E-state index is 11.3. The summed E-state index contributed by atoms with van der Waals surface area (Å²) in [5.41, 5.74) is 6.39. The summed E-state index contributed by atoms with van der Waals surface area (Å²) in [6.07, 6.45) is 0.296. The third kappa shape index (κ3) is 2.21. The lowest BCUT2D eigenvalue weighted by molar-refractivity contribution is -0.194. The maximum absolute atomic E-state index is 11.3. The normalized spacial score (nSPS) is 32.3. The SMILES string of the molecule is CC1(C)O[C@@H]2C(C=O)OC(n3ccc4c(N)nc(Cl)nc43)[C@@H]2O1. The molecule has 4 atom stereocenters. The van der Waals surface area contributed by atoms with Crippen molar-refractivity contribution >= 4 is 34.7 Å². The second-order valence-corrected chi connectivity index (χ2v) is 6.37. The first-order valence-corrected chi connectivity index (χ1v) is 7.53. The van der Waals surface area contributed by atoms with E-state index in [0.29, 0.717) is 11.0 Å². The van der Waals surface area contributed by atoms with Gasteiger partial charge >= 0.3 is 0 Å². The van der Waals surface area contributed by atoms with Gasteiger partial charge < -0.3 is 29.3 Å². The molecule has 23 heavy (non-hydrogen) atoms. The summed E-state index contributed by atoms with van der Waals surface area (Å²) in [7, 11) is 0. The van der Waals surface area contributed by atoms with Crippen LogP contribution in [0.15, 0.2) is 12.3 Å². The van der Waals surface area contributed by atoms with Gasteiger partial charge in [-0.2, -0.15) is 4.98 Å². The minimum Gasteiger partial charge on any atom is -0.383 e. The molecule has 2 saturated heterocycles. The summed E-state index contributed by atoms with van der Waals surface area (Å²) in [4.78, 5) is 19.5. The zero-order valence-corrected chi connectivity index (χ0v) is 13.2. The predicted molar refractivity (Wildman–Crippen MR) is 80.7 cm³/mol. The van der Waals surface area contributed by atoms with Crippen molar-refractivity contribution in [2.75, 3.05) is 5.73 Å². The molecule has 4 rings (SSSR count). The fourth-order valence-electron chi connectivity index (χ4n) is 3.18. The van der Waals surface area contributed by atoms with Gasteiger partial charge in [-0.05, 0) is 31.5 Å². The van der Waals surface area contributed by atoms with E-state index < -0.39 is 30.3 Å². The first-order valence-electron chi connectivity index (χ1n) is 7.15. The van der Waals surface area contributed by atoms with Crippen LogP contribution in [-0.4, -0.2) is 44.9 Å². The van der Waals surface area contributed by atoms with Crippen LogP contribution in [0, 0.1) is 0 Å². The molecule has 2 unspecified atom stereocenters. The van der Waals surface area contributed by atoms with Crippen molar-refractivity contribution in [3.63, 3.8) is 0 Å². The number of halogens is 1. The number of aldehydes is 1. The Morgan fingerprint density at radius 2 is 2.09 bits per heavy atom. The van der Waals surface area contributed by atoms with E-state index >= 15 is 0 Å². The lowest BCUT2D eigenvalue weighted by Crippen LogP contribution is -2.30. The van der Waals surface area contributed by atoms with E-state index in [-0.39, 0.29) is 11.1 Å². The molecule has 8 nitrogen and oxygen atoms in total. The Hall–Kier alpha value is -1.74. The number of ether oxygens (including phenoxy) is 3. The van der Waals surface area contributed by atoms with Crippen LogP contribution in [0.2, 0.25) is 5.28 Å². The molecule has 122 valence electrons. The van der Waals surface area contributed by atoms with Crippen LogP contribution in [-0.2, 0) is 19.0 Å². The Bertz CT molecular complexity index is 792. The summed E-state index contributed by atoms with van der Waals surface area (Å²) in [6.45, 7) is 3.60. The van der Waals surface area contributed by atoms with Crippen LogP contribution in [0.1, 0.15) is 20.1 Å². The van der Waals surface area contributed by atoms with Crippen molar-refractivity contribution in [2.45, 2.75) is 44.2 Å². The van der Waals surface area contributed by atoms with Gasteiger partial charge in [0.25, 0.3) is 0 Å². The largest absolute Gasteiger partial charge is 0.383 e. The number of fused-ring (bicyclic) bond motifs is 2. The van der Waals surface area contributed by atoms with Crippen LogP contribution in [0.4, 0.5) is 5.82 Å². The van der Waals surface area contributed by atoms with Gasteiger partial charge in [-0.3, -0.25) is 0 Å². The highest BCUT2D eigenvalue weighted by molar-refractivity contribution is 6.28. The highest BCUT2D eigenvalue weighted by Crippen LogP contribution is 2.43. The van der Waals surface area contributed by atoms with Crippen LogP contribution in [0.5, 0.6) is 0 Å². The first kappa shape index (κ1) is 14.8. The van der Waals surface area contributed by atoms with E-state index in [2.05, 4.69) is 9.97 Å². The van der Waals surface area contributed by atoms with Crippen LogP contribution in [0.25, 0.3) is 11.0 Å². The monoisotopic (exact) mass is 338 g/mol. The van der Waals surface area contributed by atoms with Gasteiger partial charge in [-0.1, -0.05) is 0 Å². The van der Waals surface area contributed by atoms with Crippen molar-refractivity contribution in [1.29, 1.82) is 0 Å². The molecule has 4 heterocycles. The van der Waals surface area contributed by atoms with E-state index in [9.17, 15) is 4.79 Å². The predicted octanol–water partition coefficient (Wildman–Crippen LogP) is 1.28. The Kier molecular flexibility index (Phi) is 3.14. The van der Waals surface area contributed by atoms with E-state index in [1.807, 2.05) is 0 Å². The fraction of sp³-hybridized carbons (Fsp3) is 0.500. The lowest BCUT2D eigenvalue weighted by Gasteiger charge is -2.23. The van der Waals surface area contributed by atoms with Gasteiger partial charge in [0.15, 0.2) is 18.3 Å². The second kappa shape index (κ2) is 4.88. The summed E-state index contributed by atoms with van der Waals surface area (Å²) < 4.78 is 19.2. The van der Waals surface area contributed by atoms with Crippen LogP contribution < -0.4 is 5.73 Å². The molecule has 2 aliphatic rings. The number of nitrogen functional groups attached to an aromatic ring is 1. The van der Waals surface area contributed by atoms with Crippen molar-refractivity contribution in [2.24, 2.45) is 0 Å². The summed E-state index contributed by atoms with van der Waals surface area (Å²) in [6, 6.07) is 1.77. The topological polar surface area (TPSA) is 101 Å². The number of carbonyl (C=O) groups is 1. The number of anilines is 1. The van der Waals surface area contributed by atoms with Crippen LogP contribution in [0.3, 0.4) is 0 Å². The molecule has 0 spiro atoms. The Labute approximate surface area is 136 Å². The molecule has 9 heteroatoms. The smallest absolute Gasteiger partial charge is 0.226 e. The number of rotatable bonds is 2. The van der Waals surface area contributed by atoms with Gasteiger partial charge in [0.2, 0.25) is 5.28 Å². The molecule has 2 fully saturated rings. The molecule has 2 aromatic rings. The summed E-state index contributed by atoms with van der Waals surface area (Å²) >= 11 is 5.90. The molecular formula is C14H15ClN4O4. The quantitative estimate of drug-likeness (QED) is 0.650. The number of hydrogen-bond acceptors (Lipinski definition) is 7. The molecule has 0 amide bonds. The second-order valence-electron chi connectivity index (χ2n) is 6.03. The zero-order valence-electron chi connectivity index (χ0n) is 12.5. The number of nitrogens with two attached hydrogens (primary N) is 1. The fourth-order valence-corrected chi connectivity index (χ4v) is 3.35. The lowest BCUT2D eigenvalue weighted by atomic mass is 10.1. The zero-order chi connectivity index (χ0) is 16.4. The molecule has 0 radical (unpaired) electrons. The van der Waals surface area contributed by atoms with E-state index in [1.165, 1.54) is 0 Å². The van der Waals surface area contributed by atoms with E-state index in [1.54, 1.807) is 30.7 Å². The van der Waals surface area contributed by atoms with Gasteiger partial charge in [0, 0.05) is 6.20 Å². The van der Waals surface area contributed by atoms with Crippen molar-refractivity contribution in [1.82, 2.24) is 14.5 Å². The van der Waals surface area contributed by atoms with E-state index in [4.69, 9.17) is 31.5 Å². The number of aromatic nitrogens is 3. The highest BCUT2D eigenvalue weighted by Gasteiger charge is 2.56. The Morgan fingerprint density at radius 1 is 1.35 bits per heavy atom. The van der Waals surface area contributed by atoms with Crippen molar-refractivity contribution < 1.29 is 19.0 Å². The molecule has 0 aromatic carbocycles. The molecule has 0 saturated carbocycles. The number of nitrogens with zero attached hydrogens (tertiary/aromatic N) is 3. The Balaban J connectivity index is 1.80. The average Bonchev–Trinajstić information content (AvgIpc) is 3.09. The third-order valence-electron chi connectivity index (χ3n) is 4.05. The molecule has 2 aromatic heterocycles. The molecule has 0 bridgehead atoms. The van der Waals surface area contributed by atoms with Gasteiger partial charge in [-0.25, -0.2) is 4.98 Å². The first-order chi connectivity index (χ1) is 10.9. The molecule has 2 aliphatic heterocycles. The van der Waals surface area contributed by atoms with Gasteiger partial charge in [0.05, 0.1) is 5.39 Å². The van der Waals surface area contributed by atoms with E-state index in [0.717, 1.165) is 6.29 Å². The Morgan fingerprint density at radius 3 is 2.83 bits per heavy atom. The third-order valence-corrected chi connectivity index (χ3v) is 4.22. The summed E-state index contributed by atoms with van der Waals surface area (Å²) in [5, 5.41) is 0.697. The highest BCUT2D eigenvalue weighted by atomic mass is 35.5. The summed E-state index contributed by atoms with van der Waals surface area (Å²) in [5.74, 6) is -0.503. The maximum Gasteiger partial charge on any atom is 0.226 e. The molecule has 0 aliphatic carbocycles. The average molecular weight is 339 g/mol. The van der Waals surface area contributed by atoms with Crippen molar-refractivity contribution in [3.05, 3.63) is 17.5 Å². The number of carbonyl (C=O) groups excluding carboxylic acids is 1. The molecular weight excluding hydrogens is 324 g/mol. The van der Waals surface area contributed by atoms with Crippen molar-refractivity contribution in [3.8, 4) is 0 Å². The minimum absolute atomic E-state index is 0.0420. The molecule has 2 N–H and O–H groups in total. The minimum atomic E-state index is -0.784. The number of hydrogen-bond donors (Lipinski definition) is 1. The standard InChI is InChI=1S/C14H15ClN4O4/c1-14(2)22-8-7(5-20)21-12(9(8)23-14)19-4-3-6-10(16)17-13(15)18-11(6)19/h3-5,7-9,12H,1-2H3,(H2,16,17,18)/t7?,8-,9-,12?/m1/s1. The van der Waals surface area contributed by atoms with Gasteiger partial charge in [0.1, 0.15) is 29.8 Å².